The number of benzene rings is 1. The Hall–Kier alpha value is -2.29. The third-order valence-electron chi connectivity index (χ3n) is 1.61. The van der Waals surface area contributed by atoms with Crippen LogP contribution >= 0.6 is 0 Å². The first-order valence-electron chi connectivity index (χ1n) is 3.55. The second kappa shape index (κ2) is 3.62. The van der Waals surface area contributed by atoms with Gasteiger partial charge in [-0.2, -0.15) is 5.26 Å². The zero-order chi connectivity index (χ0) is 10.7. The molecule has 0 aromatic heterocycles. The predicted molar refractivity (Wildman–Crippen MR) is 46.0 cm³/mol. The van der Waals surface area contributed by atoms with Crippen LogP contribution in [-0.2, 0) is 0 Å². The summed E-state index contributed by atoms with van der Waals surface area (Å²) in [4.78, 5) is 9.74. The second-order valence-electron chi connectivity index (χ2n) is 2.41. The molecule has 14 heavy (non-hydrogen) atoms. The highest BCUT2D eigenvalue weighted by Crippen LogP contribution is 2.33. The number of phenolic OH excluding ortho intramolecular Hbond substituents is 1. The van der Waals surface area contributed by atoms with Crippen LogP contribution in [0.3, 0.4) is 0 Å². The zero-order valence-corrected chi connectivity index (χ0v) is 7.22. The molecule has 0 saturated heterocycles. The first-order valence-corrected chi connectivity index (χ1v) is 3.55. The van der Waals surface area contributed by atoms with Gasteiger partial charge in [0.25, 0.3) is 5.69 Å². The summed E-state index contributed by atoms with van der Waals surface area (Å²) in [5, 5.41) is 28.3. The van der Waals surface area contributed by atoms with Crippen molar-refractivity contribution in [2.45, 2.75) is 0 Å². The van der Waals surface area contributed by atoms with Gasteiger partial charge in [-0.05, 0) is 0 Å². The van der Waals surface area contributed by atoms with Crippen molar-refractivity contribution in [2.24, 2.45) is 0 Å². The number of nitro benzene ring substituents is 1. The number of rotatable bonds is 2. The summed E-state index contributed by atoms with van der Waals surface area (Å²) in [6.45, 7) is 0. The van der Waals surface area contributed by atoms with Crippen molar-refractivity contribution in [3.05, 3.63) is 27.8 Å². The molecule has 6 heteroatoms. The summed E-state index contributed by atoms with van der Waals surface area (Å²) in [7, 11) is 1.25. The summed E-state index contributed by atoms with van der Waals surface area (Å²) < 4.78 is 4.67. The van der Waals surface area contributed by atoms with Crippen LogP contribution in [0.25, 0.3) is 0 Å². The Bertz CT molecular complexity index is 422. The maximum Gasteiger partial charge on any atom is 0.274 e. The van der Waals surface area contributed by atoms with E-state index in [1.807, 2.05) is 0 Å². The molecule has 1 rings (SSSR count). The molecule has 0 unspecified atom stereocenters. The quantitative estimate of drug-likeness (QED) is 0.563. The van der Waals surface area contributed by atoms with E-state index in [9.17, 15) is 15.2 Å². The molecule has 0 amide bonds. The van der Waals surface area contributed by atoms with E-state index in [0.717, 1.165) is 12.1 Å². The molecule has 6 nitrogen and oxygen atoms in total. The van der Waals surface area contributed by atoms with Crippen LogP contribution < -0.4 is 4.74 Å². The van der Waals surface area contributed by atoms with E-state index in [4.69, 9.17) is 5.26 Å². The van der Waals surface area contributed by atoms with Crippen molar-refractivity contribution < 1.29 is 14.8 Å². The molecule has 1 aromatic rings. The highest BCUT2D eigenvalue weighted by molar-refractivity contribution is 5.57. The van der Waals surface area contributed by atoms with Gasteiger partial charge in [0, 0.05) is 6.07 Å². The summed E-state index contributed by atoms with van der Waals surface area (Å²) in [5.41, 5.74) is -0.479. The molecule has 0 aliphatic carbocycles. The number of aromatic hydroxyl groups is 1. The van der Waals surface area contributed by atoms with Crippen molar-refractivity contribution in [3.63, 3.8) is 0 Å². The fraction of sp³-hybridized carbons (Fsp3) is 0.125. The van der Waals surface area contributed by atoms with Crippen LogP contribution in [0.15, 0.2) is 12.1 Å². The van der Waals surface area contributed by atoms with E-state index in [2.05, 4.69) is 4.74 Å². The Morgan fingerprint density at radius 1 is 1.64 bits per heavy atom. The molecular weight excluding hydrogens is 188 g/mol. The standard InChI is InChI=1S/C8H6N2O4/c1-14-7-3-6(10(12)13)2-5(4-9)8(7)11/h2-3,11H,1H3. The molecule has 0 aliphatic rings. The van der Waals surface area contributed by atoms with E-state index in [1.165, 1.54) is 7.11 Å². The fourth-order valence-electron chi connectivity index (χ4n) is 0.940. The Kier molecular flexibility index (Phi) is 2.53. The minimum atomic E-state index is -0.664. The van der Waals surface area contributed by atoms with Crippen LogP contribution in [0.5, 0.6) is 11.5 Å². The Balaban J connectivity index is 3.41. The van der Waals surface area contributed by atoms with Crippen molar-refractivity contribution in [1.82, 2.24) is 0 Å². The van der Waals surface area contributed by atoms with E-state index in [0.29, 0.717) is 0 Å². The number of nitro groups is 1. The molecule has 72 valence electrons. The number of nitriles is 1. The monoisotopic (exact) mass is 194 g/mol. The maximum atomic E-state index is 10.4. The third kappa shape index (κ3) is 1.56. The minimum Gasteiger partial charge on any atom is -0.503 e. The summed E-state index contributed by atoms with van der Waals surface area (Å²) in [5.74, 6) is -0.476. The average molecular weight is 194 g/mol. The summed E-state index contributed by atoms with van der Waals surface area (Å²) >= 11 is 0. The largest absolute Gasteiger partial charge is 0.503 e. The normalized spacial score (nSPS) is 9.14. The SMILES string of the molecule is COc1cc([N+](=O)[O-])cc(C#N)c1O. The number of non-ortho nitro benzene ring substituents is 1. The van der Waals surface area contributed by atoms with Gasteiger partial charge < -0.3 is 9.84 Å². The zero-order valence-electron chi connectivity index (χ0n) is 7.22. The molecular formula is C8H6N2O4. The van der Waals surface area contributed by atoms with Gasteiger partial charge in [0.2, 0.25) is 0 Å². The lowest BCUT2D eigenvalue weighted by Crippen LogP contribution is -1.92. The summed E-state index contributed by atoms with van der Waals surface area (Å²) in [6.07, 6.45) is 0. The van der Waals surface area contributed by atoms with Gasteiger partial charge in [-0.15, -0.1) is 0 Å². The lowest BCUT2D eigenvalue weighted by Gasteiger charge is -2.03. The average Bonchev–Trinajstić information content (AvgIpc) is 2.17. The topological polar surface area (TPSA) is 96.4 Å². The molecule has 0 bridgehead atoms. The lowest BCUT2D eigenvalue weighted by molar-refractivity contribution is -0.385. The molecule has 1 aromatic carbocycles. The van der Waals surface area contributed by atoms with Crippen LogP contribution in [0.1, 0.15) is 5.56 Å². The molecule has 1 N–H and O–H groups in total. The number of nitrogens with zero attached hydrogens (tertiary/aromatic N) is 2. The van der Waals surface area contributed by atoms with Gasteiger partial charge in [0.1, 0.15) is 11.6 Å². The highest BCUT2D eigenvalue weighted by Gasteiger charge is 2.16. The molecule has 0 saturated carbocycles. The molecule has 0 aliphatic heterocycles. The molecule has 0 heterocycles. The third-order valence-corrected chi connectivity index (χ3v) is 1.61. The number of phenols is 1. The van der Waals surface area contributed by atoms with Crippen molar-refractivity contribution in [2.75, 3.05) is 7.11 Å². The van der Waals surface area contributed by atoms with Gasteiger partial charge in [-0.3, -0.25) is 10.1 Å². The lowest BCUT2D eigenvalue weighted by atomic mass is 10.2. The van der Waals surface area contributed by atoms with Gasteiger partial charge in [-0.25, -0.2) is 0 Å². The Morgan fingerprint density at radius 2 is 2.29 bits per heavy atom. The highest BCUT2D eigenvalue weighted by atomic mass is 16.6. The number of ether oxygens (including phenoxy) is 1. The Labute approximate surface area is 79.1 Å². The second-order valence-corrected chi connectivity index (χ2v) is 2.41. The minimum absolute atomic E-state index is 0.0873. The molecule has 0 fully saturated rings. The molecule has 0 radical (unpaired) electrons. The van der Waals surface area contributed by atoms with E-state index >= 15 is 0 Å². The number of methoxy groups -OCH3 is 1. The van der Waals surface area contributed by atoms with Gasteiger partial charge in [0.15, 0.2) is 11.5 Å². The fourth-order valence-corrected chi connectivity index (χ4v) is 0.940. The summed E-state index contributed by atoms with van der Waals surface area (Å²) in [6, 6.07) is 3.67. The maximum absolute atomic E-state index is 10.4. The smallest absolute Gasteiger partial charge is 0.274 e. The molecule has 0 spiro atoms. The van der Waals surface area contributed by atoms with Crippen LogP contribution in [0.4, 0.5) is 5.69 Å². The number of hydrogen-bond donors (Lipinski definition) is 1. The van der Waals surface area contributed by atoms with Gasteiger partial charge in [0.05, 0.1) is 18.1 Å². The van der Waals surface area contributed by atoms with Crippen molar-refractivity contribution >= 4 is 5.69 Å². The van der Waals surface area contributed by atoms with E-state index in [1.54, 1.807) is 6.07 Å². The van der Waals surface area contributed by atoms with Crippen LogP contribution in [0.2, 0.25) is 0 Å². The first-order chi connectivity index (χ1) is 6.60. The van der Waals surface area contributed by atoms with Crippen molar-refractivity contribution in [1.29, 1.82) is 5.26 Å². The molecule has 0 atom stereocenters. The predicted octanol–water partition coefficient (Wildman–Crippen LogP) is 1.18. The van der Waals surface area contributed by atoms with Crippen LogP contribution in [0, 0.1) is 21.4 Å². The van der Waals surface area contributed by atoms with Crippen LogP contribution in [-0.4, -0.2) is 17.1 Å². The van der Waals surface area contributed by atoms with E-state index in [-0.39, 0.29) is 22.7 Å². The van der Waals surface area contributed by atoms with E-state index < -0.39 is 4.92 Å². The number of hydrogen-bond acceptors (Lipinski definition) is 5. The first kappa shape index (κ1) is 9.80. The van der Waals surface area contributed by atoms with Gasteiger partial charge in [-0.1, -0.05) is 0 Å². The van der Waals surface area contributed by atoms with Crippen molar-refractivity contribution in [3.8, 4) is 17.6 Å². The van der Waals surface area contributed by atoms with Gasteiger partial charge >= 0.3 is 0 Å². The Morgan fingerprint density at radius 3 is 2.71 bits per heavy atom.